The summed E-state index contributed by atoms with van der Waals surface area (Å²) in [6, 6.07) is 13.3. The highest BCUT2D eigenvalue weighted by Crippen LogP contribution is 2.40. The number of anilines is 2. The minimum Gasteiger partial charge on any atom is -0.384 e. The number of allylic oxidation sites excluding steroid dienone is 1. The number of carbonyl (C=O) groups is 1. The Balaban J connectivity index is 0.000000342. The van der Waals surface area contributed by atoms with E-state index in [0.717, 1.165) is 46.2 Å². The van der Waals surface area contributed by atoms with Crippen molar-refractivity contribution in [2.45, 2.75) is 83.8 Å². The molecule has 1 heterocycles. The molecule has 3 N–H and O–H groups in total. The largest absolute Gasteiger partial charge is 0.384 e. The van der Waals surface area contributed by atoms with Crippen LogP contribution < -0.4 is 10.6 Å². The van der Waals surface area contributed by atoms with Crippen molar-refractivity contribution in [1.82, 2.24) is 15.3 Å². The van der Waals surface area contributed by atoms with Gasteiger partial charge >= 0.3 is 0 Å². The zero-order valence-electron chi connectivity index (χ0n) is 22.1. The third kappa shape index (κ3) is 7.58. The van der Waals surface area contributed by atoms with Crippen LogP contribution in [0.4, 0.5) is 11.6 Å². The Morgan fingerprint density at radius 1 is 1.16 bits per heavy atom. The van der Waals surface area contributed by atoms with Crippen molar-refractivity contribution in [3.8, 4) is 0 Å². The van der Waals surface area contributed by atoms with Crippen molar-refractivity contribution >= 4 is 48.9 Å². The number of carbonyl (C=O) groups excluding carboxylic acids is 1. The molecule has 1 unspecified atom stereocenters. The third-order valence-corrected chi connectivity index (χ3v) is 9.29. The van der Waals surface area contributed by atoms with Crippen molar-refractivity contribution in [3.05, 3.63) is 64.8 Å². The molecule has 2 fully saturated rings. The topological polar surface area (TPSA) is 69.8 Å². The van der Waals surface area contributed by atoms with Gasteiger partial charge in [-0.2, -0.15) is 0 Å². The Hall–Kier alpha value is -2.36. The van der Waals surface area contributed by atoms with Crippen molar-refractivity contribution in [3.63, 3.8) is 0 Å². The number of imidazole rings is 1. The van der Waals surface area contributed by atoms with Crippen LogP contribution in [0, 0.1) is 12.3 Å². The summed E-state index contributed by atoms with van der Waals surface area (Å²) in [7, 11) is 0.588. The van der Waals surface area contributed by atoms with E-state index >= 15 is 0 Å². The minimum atomic E-state index is 0.207. The molecular weight excluding hydrogens is 499 g/mol. The molecule has 198 valence electrons. The molecule has 0 amide bonds. The number of fused-ring (bicyclic) bond motifs is 1. The number of nitrogens with one attached hydrogen (secondary N) is 3. The van der Waals surface area contributed by atoms with Crippen LogP contribution in [0.2, 0.25) is 5.02 Å². The van der Waals surface area contributed by atoms with Gasteiger partial charge in [0.2, 0.25) is 5.95 Å². The van der Waals surface area contributed by atoms with Gasteiger partial charge in [0.25, 0.3) is 0 Å². The minimum absolute atomic E-state index is 0.207. The van der Waals surface area contributed by atoms with Crippen molar-refractivity contribution in [1.29, 1.82) is 0 Å². The van der Waals surface area contributed by atoms with Crippen LogP contribution in [0.3, 0.4) is 0 Å². The summed E-state index contributed by atoms with van der Waals surface area (Å²) in [4.78, 5) is 17.9. The first kappa shape index (κ1) is 27.7. The highest BCUT2D eigenvalue weighted by Gasteiger charge is 2.29. The van der Waals surface area contributed by atoms with Gasteiger partial charge in [-0.1, -0.05) is 77.9 Å². The first-order chi connectivity index (χ1) is 17.9. The summed E-state index contributed by atoms with van der Waals surface area (Å²) >= 11 is 6.43. The van der Waals surface area contributed by atoms with Gasteiger partial charge in [-0.05, 0) is 73.7 Å². The van der Waals surface area contributed by atoms with Crippen molar-refractivity contribution in [2.24, 2.45) is 5.41 Å². The van der Waals surface area contributed by atoms with E-state index < -0.39 is 0 Å². The second-order valence-electron chi connectivity index (χ2n) is 10.8. The Morgan fingerprint density at radius 2 is 1.92 bits per heavy atom. The number of halogens is 1. The lowest BCUT2D eigenvalue weighted by molar-refractivity contribution is 0.253. The number of aromatic nitrogens is 2. The van der Waals surface area contributed by atoms with E-state index in [2.05, 4.69) is 65.3 Å². The van der Waals surface area contributed by atoms with E-state index in [0.29, 0.717) is 19.6 Å². The summed E-state index contributed by atoms with van der Waals surface area (Å²) in [5.74, 6) is 0.691. The fourth-order valence-corrected chi connectivity index (χ4v) is 6.43. The maximum absolute atomic E-state index is 9.97. The number of H-pyrrole nitrogens is 1. The van der Waals surface area contributed by atoms with Crippen LogP contribution in [0.25, 0.3) is 11.0 Å². The summed E-state index contributed by atoms with van der Waals surface area (Å²) in [5, 5.41) is 7.56. The highest BCUT2D eigenvalue weighted by molar-refractivity contribution is 7.55. The van der Waals surface area contributed by atoms with Crippen LogP contribution in [0.1, 0.15) is 75.8 Å². The van der Waals surface area contributed by atoms with Crippen LogP contribution in [-0.2, 0) is 11.3 Å². The number of hydrogen-bond acceptors (Lipinski definition) is 4. The predicted molar refractivity (Wildman–Crippen MR) is 160 cm³/mol. The van der Waals surface area contributed by atoms with Gasteiger partial charge in [-0.25, -0.2) is 4.98 Å². The molecule has 0 radical (unpaired) electrons. The maximum atomic E-state index is 9.97. The summed E-state index contributed by atoms with van der Waals surface area (Å²) in [6.45, 7) is 9.48. The SMILES string of the molecule is C=C(NCc1ccc(Cl)c(Nc2nc3ccc(C)cc3[nH]2)c1)C1(C)CCCCC1.O=CPC1CCCC1. The molecule has 1 atom stereocenters. The molecular formula is C30H40ClN4OP. The van der Waals surface area contributed by atoms with E-state index in [-0.39, 0.29) is 5.41 Å². The molecule has 2 saturated carbocycles. The number of aryl methyl sites for hydroxylation is 1. The van der Waals surface area contributed by atoms with Crippen LogP contribution >= 0.6 is 20.2 Å². The molecule has 3 aromatic rings. The molecule has 1 aromatic heterocycles. The van der Waals surface area contributed by atoms with Gasteiger partial charge in [-0.15, -0.1) is 0 Å². The van der Waals surface area contributed by atoms with E-state index in [1.165, 1.54) is 63.4 Å². The van der Waals surface area contributed by atoms with Gasteiger partial charge < -0.3 is 15.6 Å². The number of rotatable bonds is 8. The molecule has 2 aliphatic rings. The zero-order chi connectivity index (χ0) is 26.3. The van der Waals surface area contributed by atoms with Gasteiger partial charge in [-0.3, -0.25) is 4.79 Å². The monoisotopic (exact) mass is 538 g/mol. The smallest absolute Gasteiger partial charge is 0.205 e. The third-order valence-electron chi connectivity index (χ3n) is 7.77. The number of aromatic amines is 1. The maximum Gasteiger partial charge on any atom is 0.205 e. The Kier molecular flexibility index (Phi) is 9.67. The average molecular weight is 539 g/mol. The van der Waals surface area contributed by atoms with Crippen LogP contribution in [0.5, 0.6) is 0 Å². The molecule has 5 rings (SSSR count). The first-order valence-corrected chi connectivity index (χ1v) is 15.0. The fourth-order valence-electron chi connectivity index (χ4n) is 5.33. The van der Waals surface area contributed by atoms with E-state index in [9.17, 15) is 4.79 Å². The second-order valence-corrected chi connectivity index (χ2v) is 12.6. The molecule has 0 bridgehead atoms. The molecule has 7 heteroatoms. The molecule has 5 nitrogen and oxygen atoms in total. The van der Waals surface area contributed by atoms with E-state index in [1.807, 2.05) is 12.1 Å². The average Bonchev–Trinajstić information content (AvgIpc) is 3.54. The summed E-state index contributed by atoms with van der Waals surface area (Å²) in [5.41, 5.74) is 7.27. The lowest BCUT2D eigenvalue weighted by Gasteiger charge is -2.36. The molecule has 2 aliphatic carbocycles. The van der Waals surface area contributed by atoms with E-state index in [1.54, 1.807) is 0 Å². The van der Waals surface area contributed by atoms with Gasteiger partial charge in [0.05, 0.1) is 21.7 Å². The number of nitrogens with zero attached hydrogens (tertiary/aromatic N) is 1. The zero-order valence-corrected chi connectivity index (χ0v) is 23.9. The molecule has 0 aliphatic heterocycles. The normalized spacial score (nSPS) is 17.5. The van der Waals surface area contributed by atoms with E-state index in [4.69, 9.17) is 11.6 Å². The Labute approximate surface area is 228 Å². The lowest BCUT2D eigenvalue weighted by Crippen LogP contribution is -2.30. The first-order valence-electron chi connectivity index (χ1n) is 13.5. The highest BCUT2D eigenvalue weighted by atomic mass is 35.5. The van der Waals surface area contributed by atoms with Crippen molar-refractivity contribution in [2.75, 3.05) is 5.32 Å². The number of hydrogen-bond donors (Lipinski definition) is 3. The summed E-state index contributed by atoms with van der Waals surface area (Å²) in [6.07, 6.45) is 11.7. The van der Waals surface area contributed by atoms with Crippen LogP contribution in [0.15, 0.2) is 48.7 Å². The van der Waals surface area contributed by atoms with Gasteiger partial charge in [0, 0.05) is 17.7 Å². The Bertz CT molecular complexity index is 1210. The molecule has 0 spiro atoms. The molecule has 0 saturated heterocycles. The fraction of sp³-hybridized carbons (Fsp3) is 0.467. The second kappa shape index (κ2) is 12.9. The quantitative estimate of drug-likeness (QED) is 0.198. The number of benzene rings is 2. The Morgan fingerprint density at radius 3 is 2.65 bits per heavy atom. The standard InChI is InChI=1S/C24H29ClN4.C6H11OP/c1-16-7-10-20-22(13-16)29-23(27-20)28-21-14-18(8-9-19(21)25)15-26-17(2)24(3)11-5-4-6-12-24;7-5-8-6-3-1-2-4-6/h7-10,13-14,26H,2,4-6,11-12,15H2,1,3H3,(H2,27,28,29);5-6,8H,1-4H2. The molecule has 37 heavy (non-hydrogen) atoms. The van der Waals surface area contributed by atoms with Crippen molar-refractivity contribution < 1.29 is 4.79 Å². The predicted octanol–water partition coefficient (Wildman–Crippen LogP) is 8.64. The van der Waals surface area contributed by atoms with Crippen LogP contribution in [-0.4, -0.2) is 21.7 Å². The summed E-state index contributed by atoms with van der Waals surface area (Å²) < 4.78 is 0. The van der Waals surface area contributed by atoms with Gasteiger partial charge in [0.15, 0.2) is 0 Å². The van der Waals surface area contributed by atoms with Gasteiger partial charge in [0.1, 0.15) is 6.03 Å². The molecule has 2 aromatic carbocycles. The lowest BCUT2D eigenvalue weighted by atomic mass is 9.73.